The number of amides is 1. The molecule has 0 radical (unpaired) electrons. The summed E-state index contributed by atoms with van der Waals surface area (Å²) >= 11 is 0. The molecule has 3 nitrogen and oxygen atoms in total. The Balaban J connectivity index is 3.09. The molecule has 0 saturated carbocycles. The van der Waals surface area contributed by atoms with Gasteiger partial charge in [0.05, 0.1) is 0 Å². The van der Waals surface area contributed by atoms with Crippen LogP contribution in [0.25, 0.3) is 0 Å². The van der Waals surface area contributed by atoms with Crippen molar-refractivity contribution < 1.29 is 18.0 Å². The Morgan fingerprint density at radius 1 is 1.38 bits per heavy atom. The van der Waals surface area contributed by atoms with Gasteiger partial charge in [-0.15, -0.1) is 0 Å². The summed E-state index contributed by atoms with van der Waals surface area (Å²) in [6.07, 6.45) is -1.00. The molecule has 16 heavy (non-hydrogen) atoms. The highest BCUT2D eigenvalue weighted by Gasteiger charge is 2.20. The summed E-state index contributed by atoms with van der Waals surface area (Å²) in [5.74, 6) is -0.515. The van der Waals surface area contributed by atoms with Gasteiger partial charge in [-0.05, 0) is 45.0 Å². The maximum atomic E-state index is 12.8. The lowest BCUT2D eigenvalue weighted by molar-refractivity contribution is 0.0589. The fourth-order valence-corrected chi connectivity index (χ4v) is 1.00. The van der Waals surface area contributed by atoms with E-state index in [0.717, 1.165) is 12.1 Å². The van der Waals surface area contributed by atoms with Gasteiger partial charge in [-0.1, -0.05) is 0 Å². The largest absolute Gasteiger partial charge is 0.443 e. The molecule has 0 aliphatic heterocycles. The summed E-state index contributed by atoms with van der Waals surface area (Å²) in [6, 6.07) is 4.59. The number of halogens is 1. The van der Waals surface area contributed by atoms with Gasteiger partial charge in [0.1, 0.15) is 11.4 Å². The summed E-state index contributed by atoms with van der Waals surface area (Å²) in [5.41, 5.74) is -0.767. The van der Waals surface area contributed by atoms with E-state index in [1.54, 1.807) is 20.8 Å². The molecule has 0 fully saturated rings. The summed E-state index contributed by atoms with van der Waals surface area (Å²) < 4.78 is 40.0. The Hall–Kier alpha value is -1.58. The molecule has 0 unspecified atom stereocenters. The molecule has 0 aromatic heterocycles. The fraction of sp³-hybridized carbons (Fsp3) is 0.417. The van der Waals surface area contributed by atoms with Gasteiger partial charge in [0.15, 0.2) is 0 Å². The van der Waals surface area contributed by atoms with E-state index in [-0.39, 0.29) is 5.69 Å². The van der Waals surface area contributed by atoms with E-state index >= 15 is 0 Å². The third-order valence-corrected chi connectivity index (χ3v) is 1.66. The van der Waals surface area contributed by atoms with E-state index in [4.69, 9.17) is 8.85 Å². The van der Waals surface area contributed by atoms with Crippen molar-refractivity contribution in [2.45, 2.75) is 26.4 Å². The Labute approximate surface area is 99.0 Å². The van der Waals surface area contributed by atoms with Crippen LogP contribution in [0.2, 0.25) is 0 Å². The molecule has 1 rings (SSSR count). The average molecular weight is 228 g/mol. The van der Waals surface area contributed by atoms with E-state index < -0.39 is 24.5 Å². The predicted octanol–water partition coefficient (Wildman–Crippen LogP) is 3.20. The molecule has 1 amide bonds. The van der Waals surface area contributed by atoms with Gasteiger partial charge < -0.3 is 4.74 Å². The maximum Gasteiger partial charge on any atom is 0.414 e. The molecule has 0 aliphatic rings. The number of nitrogens with zero attached hydrogens (tertiary/aromatic N) is 1. The summed E-state index contributed by atoms with van der Waals surface area (Å²) in [5, 5.41) is 0. The summed E-state index contributed by atoms with van der Waals surface area (Å²) in [7, 11) is 0. The monoisotopic (exact) mass is 228 g/mol. The lowest BCUT2D eigenvalue weighted by atomic mass is 10.2. The highest BCUT2D eigenvalue weighted by molar-refractivity contribution is 5.87. The number of rotatable bonds is 1. The zero-order valence-corrected chi connectivity index (χ0v) is 9.45. The first-order valence-corrected chi connectivity index (χ1v) is 4.79. The summed E-state index contributed by atoms with van der Waals surface area (Å²) in [6.45, 7) is 2.19. The molecular weight excluding hydrogens is 209 g/mol. The summed E-state index contributed by atoms with van der Waals surface area (Å²) in [4.78, 5) is 12.5. The van der Waals surface area contributed by atoms with Crippen LogP contribution in [-0.2, 0) is 4.74 Å². The minimum absolute atomic E-state index is 0.0515. The van der Waals surface area contributed by atoms with Gasteiger partial charge in [0.2, 0.25) is 0 Å². The van der Waals surface area contributed by atoms with Crippen molar-refractivity contribution in [1.29, 1.82) is 0 Å². The molecule has 0 spiro atoms. The minimum Gasteiger partial charge on any atom is -0.443 e. The first-order chi connectivity index (χ1) is 8.50. The normalized spacial score (nSPS) is 14.6. The van der Waals surface area contributed by atoms with Crippen LogP contribution in [0.4, 0.5) is 14.9 Å². The molecule has 88 valence electrons. The molecule has 0 N–H and O–H groups in total. The molecule has 4 heteroatoms. The number of hydrogen-bond acceptors (Lipinski definition) is 2. The predicted molar refractivity (Wildman–Crippen MR) is 61.0 cm³/mol. The third-order valence-electron chi connectivity index (χ3n) is 1.66. The van der Waals surface area contributed by atoms with Crippen LogP contribution in [0.3, 0.4) is 0 Å². The van der Waals surface area contributed by atoms with Crippen molar-refractivity contribution >= 4 is 11.8 Å². The van der Waals surface area contributed by atoms with Crippen molar-refractivity contribution in [3.63, 3.8) is 0 Å². The standard InChI is InChI=1S/C12H16FNO2/c1-12(2,3)16-11(15)14(4)10-7-5-9(13)6-8-10/h5-8H,1-4H3/i4D3. The second-order valence-electron chi connectivity index (χ2n) is 4.29. The molecule has 1 aromatic carbocycles. The van der Waals surface area contributed by atoms with E-state index in [2.05, 4.69) is 0 Å². The fourth-order valence-electron chi connectivity index (χ4n) is 1.00. The molecular formula is C12H16FNO2. The van der Waals surface area contributed by atoms with Crippen LogP contribution >= 0.6 is 0 Å². The molecule has 0 atom stereocenters. The topological polar surface area (TPSA) is 29.5 Å². The average Bonchev–Trinajstić information content (AvgIpc) is 2.16. The van der Waals surface area contributed by atoms with Crippen molar-refractivity contribution in [2.24, 2.45) is 0 Å². The van der Waals surface area contributed by atoms with Gasteiger partial charge >= 0.3 is 6.09 Å². The number of benzene rings is 1. The van der Waals surface area contributed by atoms with Gasteiger partial charge in [-0.25, -0.2) is 9.18 Å². The Bertz CT molecular complexity index is 452. The number of anilines is 1. The van der Waals surface area contributed by atoms with Gasteiger partial charge in [0, 0.05) is 16.8 Å². The smallest absolute Gasteiger partial charge is 0.414 e. The lowest BCUT2D eigenvalue weighted by Gasteiger charge is -2.24. The number of carbonyl (C=O) groups is 1. The van der Waals surface area contributed by atoms with Crippen LogP contribution in [0, 0.1) is 5.82 Å². The van der Waals surface area contributed by atoms with Crippen LogP contribution in [0.1, 0.15) is 24.9 Å². The first-order valence-electron chi connectivity index (χ1n) is 6.29. The van der Waals surface area contributed by atoms with Gasteiger partial charge in [-0.3, -0.25) is 4.90 Å². The highest BCUT2D eigenvalue weighted by atomic mass is 19.1. The molecule has 0 heterocycles. The van der Waals surface area contributed by atoms with E-state index in [1.807, 2.05) is 0 Å². The van der Waals surface area contributed by atoms with E-state index in [1.165, 1.54) is 12.1 Å². The van der Waals surface area contributed by atoms with E-state index in [9.17, 15) is 9.18 Å². The SMILES string of the molecule is [2H]C([2H])([2H])N(C(=O)OC(C)(C)C)c1ccc(F)cc1. The van der Waals surface area contributed by atoms with Crippen molar-refractivity contribution in [2.75, 3.05) is 11.9 Å². The van der Waals surface area contributed by atoms with Crippen molar-refractivity contribution in [3.8, 4) is 0 Å². The highest BCUT2D eigenvalue weighted by Crippen LogP contribution is 2.16. The molecule has 0 bridgehead atoms. The molecule has 1 aromatic rings. The second kappa shape index (κ2) is 4.51. The van der Waals surface area contributed by atoms with Crippen molar-refractivity contribution in [1.82, 2.24) is 0 Å². The Morgan fingerprint density at radius 2 is 1.94 bits per heavy atom. The maximum absolute atomic E-state index is 12.8. The second-order valence-corrected chi connectivity index (χ2v) is 4.29. The lowest BCUT2D eigenvalue weighted by Crippen LogP contribution is -2.34. The number of hydrogen-bond donors (Lipinski definition) is 0. The van der Waals surface area contributed by atoms with Crippen LogP contribution in [0.5, 0.6) is 0 Å². The number of ether oxygens (including phenoxy) is 1. The quantitative estimate of drug-likeness (QED) is 0.738. The van der Waals surface area contributed by atoms with Crippen LogP contribution in [-0.4, -0.2) is 18.7 Å². The molecule has 0 aliphatic carbocycles. The zero-order valence-electron chi connectivity index (χ0n) is 12.5. The Kier molecular flexibility index (Phi) is 2.41. The van der Waals surface area contributed by atoms with Gasteiger partial charge in [0.25, 0.3) is 0 Å². The zero-order chi connectivity index (χ0) is 14.8. The van der Waals surface area contributed by atoms with Crippen LogP contribution in [0.15, 0.2) is 24.3 Å². The Morgan fingerprint density at radius 3 is 2.38 bits per heavy atom. The number of carbonyl (C=O) groups excluding carboxylic acids is 1. The minimum atomic E-state index is -2.71. The first kappa shape index (κ1) is 8.56. The van der Waals surface area contributed by atoms with Crippen molar-refractivity contribution in [3.05, 3.63) is 30.1 Å². The van der Waals surface area contributed by atoms with Gasteiger partial charge in [-0.2, -0.15) is 0 Å². The van der Waals surface area contributed by atoms with E-state index in [0.29, 0.717) is 4.90 Å². The third kappa shape index (κ3) is 3.53. The van der Waals surface area contributed by atoms with Crippen LogP contribution < -0.4 is 4.90 Å². The molecule has 0 saturated heterocycles.